The van der Waals surface area contributed by atoms with Crippen molar-refractivity contribution in [2.45, 2.75) is 105 Å². The van der Waals surface area contributed by atoms with E-state index in [-0.39, 0.29) is 35.5 Å². The quantitative estimate of drug-likeness (QED) is 0.356. The van der Waals surface area contributed by atoms with Crippen LogP contribution in [0.2, 0.25) is 0 Å². The van der Waals surface area contributed by atoms with E-state index < -0.39 is 29.7 Å². The van der Waals surface area contributed by atoms with Crippen LogP contribution in [-0.2, 0) is 19.1 Å². The number of nitrogens with one attached hydrogen (secondary N) is 3. The van der Waals surface area contributed by atoms with E-state index in [1.54, 1.807) is 20.8 Å². The molecule has 3 atom stereocenters. The van der Waals surface area contributed by atoms with Crippen LogP contribution in [0.4, 0.5) is 4.79 Å². The Morgan fingerprint density at radius 1 is 1.00 bits per heavy atom. The van der Waals surface area contributed by atoms with Crippen LogP contribution in [-0.4, -0.2) is 53.2 Å². The number of hydrogen-bond donors (Lipinski definition) is 4. The maximum Gasteiger partial charge on any atom is 0.408 e. The summed E-state index contributed by atoms with van der Waals surface area (Å²) >= 11 is 0. The van der Waals surface area contributed by atoms with E-state index in [4.69, 9.17) is 4.74 Å². The van der Waals surface area contributed by atoms with Gasteiger partial charge in [0.2, 0.25) is 11.8 Å². The van der Waals surface area contributed by atoms with E-state index in [9.17, 15) is 24.3 Å². The largest absolute Gasteiger partial charge is 0.480 e. The van der Waals surface area contributed by atoms with Crippen molar-refractivity contribution in [3.05, 3.63) is 0 Å². The molecule has 0 aliphatic heterocycles. The molecule has 9 nitrogen and oxygen atoms in total. The van der Waals surface area contributed by atoms with Crippen molar-refractivity contribution in [2.75, 3.05) is 6.54 Å². The maximum atomic E-state index is 12.8. The van der Waals surface area contributed by atoms with Gasteiger partial charge in [0.15, 0.2) is 0 Å². The molecule has 34 heavy (non-hydrogen) atoms. The Labute approximate surface area is 204 Å². The van der Waals surface area contributed by atoms with E-state index in [0.717, 1.165) is 19.3 Å². The first kappa shape index (κ1) is 29.7. The fourth-order valence-electron chi connectivity index (χ4n) is 4.10. The molecule has 0 saturated heterocycles. The first-order valence-electron chi connectivity index (χ1n) is 12.5. The van der Waals surface area contributed by atoms with Crippen molar-refractivity contribution in [2.24, 2.45) is 23.7 Å². The van der Waals surface area contributed by atoms with Gasteiger partial charge in [-0.05, 0) is 70.6 Å². The third kappa shape index (κ3) is 10.7. The number of carboxylic acid groups (broad SMARTS) is 1. The van der Waals surface area contributed by atoms with Gasteiger partial charge >= 0.3 is 12.1 Å². The minimum Gasteiger partial charge on any atom is -0.480 e. The first-order valence-corrected chi connectivity index (χ1v) is 12.5. The molecule has 0 bridgehead atoms. The third-order valence-corrected chi connectivity index (χ3v) is 6.27. The van der Waals surface area contributed by atoms with Gasteiger partial charge in [-0.15, -0.1) is 0 Å². The number of carbonyl (C=O) groups excluding carboxylic acids is 3. The molecule has 9 heteroatoms. The second-order valence-corrected chi connectivity index (χ2v) is 11.0. The minimum atomic E-state index is -1.01. The zero-order valence-electron chi connectivity index (χ0n) is 21.9. The second kappa shape index (κ2) is 13.5. The predicted octanol–water partition coefficient (Wildman–Crippen LogP) is 3.46. The molecule has 0 spiro atoms. The zero-order valence-corrected chi connectivity index (χ0v) is 21.9. The summed E-state index contributed by atoms with van der Waals surface area (Å²) < 4.78 is 5.30. The summed E-state index contributed by atoms with van der Waals surface area (Å²) in [5.74, 6) is -1.30. The normalized spacial score (nSPS) is 21.2. The van der Waals surface area contributed by atoms with Crippen LogP contribution in [0.5, 0.6) is 0 Å². The van der Waals surface area contributed by atoms with E-state index in [0.29, 0.717) is 25.8 Å². The molecular weight excluding hydrogens is 438 g/mol. The lowest BCUT2D eigenvalue weighted by atomic mass is 9.81. The molecule has 1 saturated carbocycles. The molecule has 196 valence electrons. The number of hydrogen-bond acceptors (Lipinski definition) is 5. The van der Waals surface area contributed by atoms with Crippen LogP contribution in [0.1, 0.15) is 87.0 Å². The summed E-state index contributed by atoms with van der Waals surface area (Å²) in [6.45, 7) is 13.5. The topological polar surface area (TPSA) is 134 Å². The van der Waals surface area contributed by atoms with Crippen LogP contribution in [0, 0.1) is 23.7 Å². The molecular formula is C25H45N3O6. The summed E-state index contributed by atoms with van der Waals surface area (Å²) in [5.41, 5.74) is -0.648. The van der Waals surface area contributed by atoms with Gasteiger partial charge in [0, 0.05) is 12.5 Å². The molecule has 1 aliphatic carbocycles. The summed E-state index contributed by atoms with van der Waals surface area (Å²) in [7, 11) is 0. The van der Waals surface area contributed by atoms with Gasteiger partial charge in [0.1, 0.15) is 17.7 Å². The standard InChI is InChI=1S/C25H45N3O6/c1-8-16(4)20(28-24(33)34-25(5,6)7)22(30)26-14-17-9-11-18(12-10-17)21(29)27-19(23(31)32)13-15(2)3/h15-20H,8-14H2,1-7H3,(H,26,30)(H,27,29)(H,28,33)(H,31,32)/t16-,17?,18?,19+,20-/m0/s1. The summed E-state index contributed by atoms with van der Waals surface area (Å²) in [6.07, 6.45) is 3.37. The number of carboxylic acids is 1. The number of amides is 3. The number of alkyl carbamates (subject to hydrolysis) is 1. The van der Waals surface area contributed by atoms with Gasteiger partial charge in [-0.1, -0.05) is 34.1 Å². The molecule has 0 aromatic heterocycles. The molecule has 0 radical (unpaired) electrons. The SMILES string of the molecule is CC[C@H](C)[C@H](NC(=O)OC(C)(C)C)C(=O)NCC1CCC(C(=O)N[C@H](CC(C)C)C(=O)O)CC1. The van der Waals surface area contributed by atoms with Crippen molar-refractivity contribution < 1.29 is 29.0 Å². The Morgan fingerprint density at radius 3 is 2.06 bits per heavy atom. The Morgan fingerprint density at radius 2 is 1.59 bits per heavy atom. The third-order valence-electron chi connectivity index (χ3n) is 6.27. The Bertz CT molecular complexity index is 695. The lowest BCUT2D eigenvalue weighted by Crippen LogP contribution is -2.52. The van der Waals surface area contributed by atoms with Gasteiger partial charge in [-0.25, -0.2) is 9.59 Å². The monoisotopic (exact) mass is 483 g/mol. The highest BCUT2D eigenvalue weighted by atomic mass is 16.6. The minimum absolute atomic E-state index is 0.0556. The van der Waals surface area contributed by atoms with Crippen molar-refractivity contribution >= 4 is 23.9 Å². The first-order chi connectivity index (χ1) is 15.7. The molecule has 0 aromatic carbocycles. The average molecular weight is 484 g/mol. The highest BCUT2D eigenvalue weighted by Gasteiger charge is 2.31. The van der Waals surface area contributed by atoms with Crippen LogP contribution in [0.15, 0.2) is 0 Å². The fourth-order valence-corrected chi connectivity index (χ4v) is 4.10. The van der Waals surface area contributed by atoms with Crippen molar-refractivity contribution in [3.63, 3.8) is 0 Å². The molecule has 1 fully saturated rings. The van der Waals surface area contributed by atoms with Gasteiger partial charge in [-0.2, -0.15) is 0 Å². The number of carbonyl (C=O) groups is 4. The van der Waals surface area contributed by atoms with Crippen molar-refractivity contribution in [1.82, 2.24) is 16.0 Å². The lowest BCUT2D eigenvalue weighted by molar-refractivity contribution is -0.143. The highest BCUT2D eigenvalue weighted by Crippen LogP contribution is 2.29. The van der Waals surface area contributed by atoms with Gasteiger partial charge in [0.25, 0.3) is 0 Å². The summed E-state index contributed by atoms with van der Waals surface area (Å²) in [6, 6.07) is -1.55. The van der Waals surface area contributed by atoms with Crippen molar-refractivity contribution in [1.29, 1.82) is 0 Å². The van der Waals surface area contributed by atoms with E-state index >= 15 is 0 Å². The van der Waals surface area contributed by atoms with E-state index in [2.05, 4.69) is 16.0 Å². The van der Waals surface area contributed by atoms with Crippen LogP contribution >= 0.6 is 0 Å². The molecule has 0 aromatic rings. The molecule has 3 amide bonds. The fraction of sp³-hybridized carbons (Fsp3) is 0.840. The maximum absolute atomic E-state index is 12.8. The number of ether oxygens (including phenoxy) is 1. The van der Waals surface area contributed by atoms with Crippen molar-refractivity contribution in [3.8, 4) is 0 Å². The number of rotatable bonds is 11. The van der Waals surface area contributed by atoms with Crippen LogP contribution in [0.25, 0.3) is 0 Å². The molecule has 1 aliphatic rings. The Kier molecular flexibility index (Phi) is 11.8. The molecule has 1 rings (SSSR count). The van der Waals surface area contributed by atoms with Gasteiger partial charge < -0.3 is 25.8 Å². The predicted molar refractivity (Wildman–Crippen MR) is 130 cm³/mol. The Hall–Kier alpha value is -2.32. The molecule has 0 heterocycles. The molecule has 4 N–H and O–H groups in total. The second-order valence-electron chi connectivity index (χ2n) is 11.0. The highest BCUT2D eigenvalue weighted by molar-refractivity contribution is 5.86. The number of aliphatic carboxylic acids is 1. The Balaban J connectivity index is 2.55. The zero-order chi connectivity index (χ0) is 26.1. The average Bonchev–Trinajstić information content (AvgIpc) is 2.73. The van der Waals surface area contributed by atoms with E-state index in [1.807, 2.05) is 27.7 Å². The lowest BCUT2D eigenvalue weighted by Gasteiger charge is -2.30. The van der Waals surface area contributed by atoms with Crippen LogP contribution < -0.4 is 16.0 Å². The summed E-state index contributed by atoms with van der Waals surface area (Å²) in [4.78, 5) is 49.0. The van der Waals surface area contributed by atoms with E-state index in [1.165, 1.54) is 0 Å². The van der Waals surface area contributed by atoms with Gasteiger partial charge in [0.05, 0.1) is 0 Å². The summed E-state index contributed by atoms with van der Waals surface area (Å²) in [5, 5.41) is 17.7. The van der Waals surface area contributed by atoms with Gasteiger partial charge in [-0.3, -0.25) is 9.59 Å². The smallest absolute Gasteiger partial charge is 0.408 e. The van der Waals surface area contributed by atoms with Crippen LogP contribution in [0.3, 0.4) is 0 Å². The molecule has 0 unspecified atom stereocenters.